The number of aromatic nitrogens is 1. The van der Waals surface area contributed by atoms with Crippen LogP contribution in [0.3, 0.4) is 0 Å². The van der Waals surface area contributed by atoms with Gasteiger partial charge in [0.15, 0.2) is 0 Å². The number of pyridine rings is 1. The summed E-state index contributed by atoms with van der Waals surface area (Å²) in [5.74, 6) is -0.337. The van der Waals surface area contributed by atoms with Crippen molar-refractivity contribution in [1.29, 1.82) is 0 Å². The van der Waals surface area contributed by atoms with E-state index >= 15 is 0 Å². The van der Waals surface area contributed by atoms with Crippen LogP contribution in [0, 0.1) is 5.92 Å². The minimum absolute atomic E-state index is 0.273. The molecule has 2 aromatic carbocycles. The van der Waals surface area contributed by atoms with Gasteiger partial charge in [-0.25, -0.2) is 10.5 Å². The van der Waals surface area contributed by atoms with Gasteiger partial charge in [0, 0.05) is 5.56 Å². The maximum Gasteiger partial charge on any atom is 0.277 e. The Bertz CT molecular complexity index is 1060. The highest BCUT2D eigenvalue weighted by Gasteiger charge is 2.25. The molecular formula is C23H21N3O2. The van der Waals surface area contributed by atoms with E-state index in [0.29, 0.717) is 23.4 Å². The van der Waals surface area contributed by atoms with Crippen LogP contribution >= 0.6 is 0 Å². The molecule has 0 aliphatic heterocycles. The minimum atomic E-state index is -0.610. The zero-order valence-corrected chi connectivity index (χ0v) is 15.5. The Labute approximate surface area is 163 Å². The molecule has 3 aromatic rings. The molecule has 1 amide bonds. The van der Waals surface area contributed by atoms with Gasteiger partial charge in [-0.1, -0.05) is 67.6 Å². The molecule has 28 heavy (non-hydrogen) atoms. The standard InChI is InChI=1S/C23H21N3O2/c1-14-7-12-19-18(13-14)20(23(27)26-28)21(24)22(25-19)17-10-8-16(9-11-17)15-5-3-2-4-6-15/h2-12,14,28H,13,24H2,1H3,(H,26,27)/t14-/m1/s1. The fraction of sp³-hybridized carbons (Fsp3) is 0.130. The van der Waals surface area contributed by atoms with Crippen LogP contribution in [0.4, 0.5) is 5.69 Å². The van der Waals surface area contributed by atoms with Crippen LogP contribution < -0.4 is 11.2 Å². The Morgan fingerprint density at radius 3 is 2.39 bits per heavy atom. The third-order valence-electron chi connectivity index (χ3n) is 5.07. The van der Waals surface area contributed by atoms with Gasteiger partial charge in [0.25, 0.3) is 5.91 Å². The molecule has 1 heterocycles. The predicted octanol–water partition coefficient (Wildman–Crippen LogP) is 4.32. The van der Waals surface area contributed by atoms with Crippen molar-refractivity contribution in [2.75, 3.05) is 5.73 Å². The molecule has 4 rings (SSSR count). The van der Waals surface area contributed by atoms with E-state index < -0.39 is 5.91 Å². The zero-order chi connectivity index (χ0) is 19.7. The van der Waals surface area contributed by atoms with Crippen molar-refractivity contribution < 1.29 is 10.0 Å². The molecule has 1 aliphatic rings. The third-order valence-corrected chi connectivity index (χ3v) is 5.07. The van der Waals surface area contributed by atoms with E-state index in [4.69, 9.17) is 10.7 Å². The zero-order valence-electron chi connectivity index (χ0n) is 15.5. The fourth-order valence-corrected chi connectivity index (χ4v) is 3.63. The van der Waals surface area contributed by atoms with Crippen LogP contribution in [0.2, 0.25) is 0 Å². The molecule has 0 saturated carbocycles. The number of benzene rings is 2. The Morgan fingerprint density at radius 2 is 1.71 bits per heavy atom. The van der Waals surface area contributed by atoms with E-state index in [-0.39, 0.29) is 11.6 Å². The largest absolute Gasteiger partial charge is 0.396 e. The summed E-state index contributed by atoms with van der Waals surface area (Å²) in [6, 6.07) is 18.0. The molecule has 5 heteroatoms. The van der Waals surface area contributed by atoms with Crippen LogP contribution in [0.5, 0.6) is 0 Å². The number of carbonyl (C=O) groups is 1. The number of carbonyl (C=O) groups excluding carboxylic acids is 1. The summed E-state index contributed by atoms with van der Waals surface area (Å²) in [6.07, 6.45) is 4.63. The lowest BCUT2D eigenvalue weighted by Gasteiger charge is -2.21. The fourth-order valence-electron chi connectivity index (χ4n) is 3.63. The van der Waals surface area contributed by atoms with Crippen LogP contribution in [-0.4, -0.2) is 16.1 Å². The number of rotatable bonds is 3. The van der Waals surface area contributed by atoms with E-state index in [1.807, 2.05) is 48.5 Å². The normalized spacial score (nSPS) is 15.1. The topological polar surface area (TPSA) is 88.2 Å². The van der Waals surface area contributed by atoms with Gasteiger partial charge in [0.1, 0.15) is 0 Å². The number of nitrogens with two attached hydrogens (primary N) is 1. The molecule has 0 bridgehead atoms. The second-order valence-electron chi connectivity index (χ2n) is 7.04. The first-order valence-electron chi connectivity index (χ1n) is 9.19. The summed E-state index contributed by atoms with van der Waals surface area (Å²) in [4.78, 5) is 17.1. The molecule has 0 saturated heterocycles. The average Bonchev–Trinajstić information content (AvgIpc) is 2.74. The number of hydrogen-bond donors (Lipinski definition) is 3. The molecule has 0 spiro atoms. The molecule has 1 atom stereocenters. The van der Waals surface area contributed by atoms with Crippen molar-refractivity contribution in [1.82, 2.24) is 10.5 Å². The molecule has 140 valence electrons. The van der Waals surface area contributed by atoms with Gasteiger partial charge in [0.2, 0.25) is 0 Å². The van der Waals surface area contributed by atoms with Gasteiger partial charge >= 0.3 is 0 Å². The minimum Gasteiger partial charge on any atom is -0.396 e. The number of anilines is 1. The quantitative estimate of drug-likeness (QED) is 0.472. The van der Waals surface area contributed by atoms with E-state index in [0.717, 1.165) is 22.3 Å². The van der Waals surface area contributed by atoms with Crippen molar-refractivity contribution in [2.24, 2.45) is 5.92 Å². The van der Waals surface area contributed by atoms with Crippen molar-refractivity contribution in [3.8, 4) is 22.4 Å². The number of hydroxylamine groups is 1. The third kappa shape index (κ3) is 3.17. The molecule has 0 unspecified atom stereocenters. The summed E-state index contributed by atoms with van der Waals surface area (Å²) in [6.45, 7) is 2.06. The number of nitrogens with one attached hydrogen (secondary N) is 1. The van der Waals surface area contributed by atoms with E-state index in [2.05, 4.69) is 25.1 Å². The number of amides is 1. The van der Waals surface area contributed by atoms with E-state index in [1.165, 1.54) is 0 Å². The Kier molecular flexibility index (Phi) is 4.67. The van der Waals surface area contributed by atoms with Gasteiger partial charge in [-0.2, -0.15) is 0 Å². The van der Waals surface area contributed by atoms with Gasteiger partial charge in [-0.05, 0) is 35.1 Å². The predicted molar refractivity (Wildman–Crippen MR) is 111 cm³/mol. The molecular weight excluding hydrogens is 350 g/mol. The molecule has 1 aromatic heterocycles. The summed E-state index contributed by atoms with van der Waals surface area (Å²) in [5, 5.41) is 9.21. The van der Waals surface area contributed by atoms with Crippen molar-refractivity contribution >= 4 is 17.7 Å². The molecule has 0 radical (unpaired) electrons. The van der Waals surface area contributed by atoms with Gasteiger partial charge in [-0.3, -0.25) is 10.0 Å². The average molecular weight is 371 g/mol. The van der Waals surface area contributed by atoms with E-state index in [1.54, 1.807) is 5.48 Å². The summed E-state index contributed by atoms with van der Waals surface area (Å²) >= 11 is 0. The second kappa shape index (κ2) is 7.29. The summed E-state index contributed by atoms with van der Waals surface area (Å²) in [7, 11) is 0. The lowest BCUT2D eigenvalue weighted by molar-refractivity contribution is 0.0706. The number of fused-ring (bicyclic) bond motifs is 1. The molecule has 5 nitrogen and oxygen atoms in total. The Hall–Kier alpha value is -3.44. The highest BCUT2D eigenvalue weighted by molar-refractivity contribution is 6.03. The second-order valence-corrected chi connectivity index (χ2v) is 7.04. The first kappa shape index (κ1) is 17.9. The first-order valence-corrected chi connectivity index (χ1v) is 9.19. The number of allylic oxidation sites excluding steroid dienone is 1. The first-order chi connectivity index (χ1) is 13.6. The van der Waals surface area contributed by atoms with Crippen LogP contribution in [0.25, 0.3) is 28.5 Å². The summed E-state index contributed by atoms with van der Waals surface area (Å²) < 4.78 is 0. The Morgan fingerprint density at radius 1 is 1.07 bits per heavy atom. The van der Waals surface area contributed by atoms with Gasteiger partial charge in [-0.15, -0.1) is 0 Å². The molecule has 1 aliphatic carbocycles. The lowest BCUT2D eigenvalue weighted by atomic mass is 9.88. The van der Waals surface area contributed by atoms with Crippen molar-refractivity contribution in [2.45, 2.75) is 13.3 Å². The Balaban J connectivity index is 1.83. The van der Waals surface area contributed by atoms with Crippen molar-refractivity contribution in [3.05, 3.63) is 77.5 Å². The van der Waals surface area contributed by atoms with Crippen LogP contribution in [0.1, 0.15) is 28.5 Å². The molecule has 0 fully saturated rings. The SMILES string of the molecule is C[C@@H]1C=Cc2nc(-c3ccc(-c4ccccc4)cc3)c(N)c(C(=O)NO)c2C1. The van der Waals surface area contributed by atoms with Crippen LogP contribution in [0.15, 0.2) is 60.7 Å². The highest BCUT2D eigenvalue weighted by atomic mass is 16.5. The highest BCUT2D eigenvalue weighted by Crippen LogP contribution is 2.35. The summed E-state index contributed by atoms with van der Waals surface area (Å²) in [5.41, 5.74) is 13.7. The smallest absolute Gasteiger partial charge is 0.277 e. The van der Waals surface area contributed by atoms with Gasteiger partial charge < -0.3 is 5.73 Å². The van der Waals surface area contributed by atoms with E-state index in [9.17, 15) is 10.0 Å². The van der Waals surface area contributed by atoms with Gasteiger partial charge in [0.05, 0.1) is 22.6 Å². The number of nitrogens with zero attached hydrogens (tertiary/aromatic N) is 1. The lowest BCUT2D eigenvalue weighted by Crippen LogP contribution is -2.25. The molecule has 4 N–H and O–H groups in total. The maximum atomic E-state index is 12.3. The van der Waals surface area contributed by atoms with Crippen LogP contribution in [-0.2, 0) is 6.42 Å². The number of nitrogen functional groups attached to an aromatic ring is 1. The monoisotopic (exact) mass is 371 g/mol. The number of hydrogen-bond acceptors (Lipinski definition) is 4. The van der Waals surface area contributed by atoms with Crippen molar-refractivity contribution in [3.63, 3.8) is 0 Å². The maximum absolute atomic E-state index is 12.3.